The van der Waals surface area contributed by atoms with Crippen molar-refractivity contribution in [3.05, 3.63) is 56.5 Å². The smallest absolute Gasteiger partial charge is 0.118 e. The van der Waals surface area contributed by atoms with Crippen LogP contribution in [0.2, 0.25) is 0 Å². The van der Waals surface area contributed by atoms with Crippen molar-refractivity contribution in [1.29, 1.82) is 0 Å². The van der Waals surface area contributed by atoms with Gasteiger partial charge in [0.05, 0.1) is 0 Å². The van der Waals surface area contributed by atoms with E-state index in [1.54, 1.807) is 0 Å². The van der Waals surface area contributed by atoms with Crippen molar-refractivity contribution in [2.24, 2.45) is 5.16 Å². The Balaban J connectivity index is 2.37. The molecule has 17 heavy (non-hydrogen) atoms. The van der Waals surface area contributed by atoms with Crippen molar-refractivity contribution in [3.8, 4) is 11.1 Å². The predicted octanol–water partition coefficient (Wildman–Crippen LogP) is 4.42. The van der Waals surface area contributed by atoms with Crippen LogP contribution in [0.3, 0.4) is 0 Å². The normalized spacial score (nSPS) is 12.2. The molecule has 0 bridgehead atoms. The third kappa shape index (κ3) is 1.63. The molecule has 1 N–H and O–H groups in total. The molecule has 0 aromatic heterocycles. The Morgan fingerprint density at radius 2 is 1.24 bits per heavy atom. The molecule has 0 radical (unpaired) electrons. The van der Waals surface area contributed by atoms with Crippen molar-refractivity contribution in [2.45, 2.75) is 0 Å². The lowest BCUT2D eigenvalue weighted by atomic mass is 10.1. The van der Waals surface area contributed by atoms with Gasteiger partial charge in [0.25, 0.3) is 0 Å². The largest absolute Gasteiger partial charge is 0.410 e. The minimum atomic E-state index is 0.623. The van der Waals surface area contributed by atoms with E-state index in [1.165, 1.54) is 0 Å². The van der Waals surface area contributed by atoms with E-state index >= 15 is 0 Å². The third-order valence-corrected chi connectivity index (χ3v) is 3.85. The molecule has 0 saturated carbocycles. The molecular weight excluding hydrogens is 346 g/mol. The third-order valence-electron chi connectivity index (χ3n) is 2.86. The average molecular weight is 353 g/mol. The van der Waals surface area contributed by atoms with Gasteiger partial charge in [-0.05, 0) is 35.4 Å². The maximum absolute atomic E-state index is 9.20. The van der Waals surface area contributed by atoms with Gasteiger partial charge >= 0.3 is 0 Å². The number of fused-ring (bicyclic) bond motifs is 3. The molecule has 2 aromatic rings. The van der Waals surface area contributed by atoms with E-state index in [0.29, 0.717) is 5.71 Å². The first-order chi connectivity index (χ1) is 8.20. The molecule has 2 aromatic carbocycles. The van der Waals surface area contributed by atoms with Gasteiger partial charge in [-0.1, -0.05) is 49.1 Å². The average Bonchev–Trinajstić information content (AvgIpc) is 2.60. The molecule has 0 saturated heterocycles. The molecule has 84 valence electrons. The Labute approximate surface area is 115 Å². The molecule has 0 amide bonds. The number of rotatable bonds is 0. The Bertz CT molecular complexity index is 596. The van der Waals surface area contributed by atoms with Crippen LogP contribution >= 0.6 is 31.9 Å². The van der Waals surface area contributed by atoms with Crippen molar-refractivity contribution in [2.75, 3.05) is 0 Å². The Kier molecular flexibility index (Phi) is 2.56. The van der Waals surface area contributed by atoms with Crippen LogP contribution < -0.4 is 0 Å². The van der Waals surface area contributed by atoms with Crippen LogP contribution in [0.1, 0.15) is 11.1 Å². The first-order valence-electron chi connectivity index (χ1n) is 5.03. The van der Waals surface area contributed by atoms with Crippen molar-refractivity contribution in [1.82, 2.24) is 0 Å². The van der Waals surface area contributed by atoms with Crippen LogP contribution in [0.25, 0.3) is 11.1 Å². The highest BCUT2D eigenvalue weighted by atomic mass is 79.9. The summed E-state index contributed by atoms with van der Waals surface area (Å²) in [5.41, 5.74) is 4.73. The number of halogens is 2. The summed E-state index contributed by atoms with van der Waals surface area (Å²) in [4.78, 5) is 0. The molecule has 0 atom stereocenters. The van der Waals surface area contributed by atoms with Gasteiger partial charge in [-0.3, -0.25) is 0 Å². The Hall–Kier alpha value is -1.13. The monoisotopic (exact) mass is 351 g/mol. The van der Waals surface area contributed by atoms with E-state index in [-0.39, 0.29) is 0 Å². The van der Waals surface area contributed by atoms with E-state index < -0.39 is 0 Å². The first-order valence-corrected chi connectivity index (χ1v) is 6.61. The molecule has 4 heteroatoms. The van der Waals surface area contributed by atoms with Gasteiger partial charge in [0, 0.05) is 20.1 Å². The number of oxime groups is 1. The van der Waals surface area contributed by atoms with Gasteiger partial charge in [0.2, 0.25) is 0 Å². The fourth-order valence-electron chi connectivity index (χ4n) is 2.15. The molecule has 0 fully saturated rings. The number of hydrogen-bond acceptors (Lipinski definition) is 2. The topological polar surface area (TPSA) is 32.6 Å². The highest BCUT2D eigenvalue weighted by molar-refractivity contribution is 9.10. The lowest BCUT2D eigenvalue weighted by molar-refractivity contribution is 0.320. The standard InChI is InChI=1S/C13H7Br2NO/c14-7-1-3-9-10-4-2-8(15)6-12(10)13(16-17)11(9)5-7/h1-6,17H. The quantitative estimate of drug-likeness (QED) is 0.471. The molecule has 1 aliphatic rings. The zero-order chi connectivity index (χ0) is 12.0. The zero-order valence-electron chi connectivity index (χ0n) is 8.61. The second-order valence-corrected chi connectivity index (χ2v) is 5.66. The molecule has 0 heterocycles. The summed E-state index contributed by atoms with van der Waals surface area (Å²) >= 11 is 6.87. The summed E-state index contributed by atoms with van der Waals surface area (Å²) in [6.07, 6.45) is 0. The van der Waals surface area contributed by atoms with E-state index in [9.17, 15) is 5.21 Å². The molecule has 0 unspecified atom stereocenters. The van der Waals surface area contributed by atoms with Crippen LogP contribution in [-0.2, 0) is 0 Å². The molecule has 1 aliphatic carbocycles. The van der Waals surface area contributed by atoms with E-state index in [4.69, 9.17) is 0 Å². The van der Waals surface area contributed by atoms with E-state index in [2.05, 4.69) is 37.0 Å². The lowest BCUT2D eigenvalue weighted by Crippen LogP contribution is -1.97. The minimum absolute atomic E-state index is 0.623. The predicted molar refractivity (Wildman–Crippen MR) is 74.7 cm³/mol. The molecular formula is C13H7Br2NO. The van der Waals surface area contributed by atoms with Gasteiger partial charge in [-0.25, -0.2) is 0 Å². The maximum Gasteiger partial charge on any atom is 0.118 e. The highest BCUT2D eigenvalue weighted by Gasteiger charge is 2.25. The summed E-state index contributed by atoms with van der Waals surface area (Å²) in [6, 6.07) is 12.0. The van der Waals surface area contributed by atoms with Crippen LogP contribution in [-0.4, -0.2) is 10.9 Å². The first kappa shape index (κ1) is 11.0. The zero-order valence-corrected chi connectivity index (χ0v) is 11.8. The van der Waals surface area contributed by atoms with Gasteiger partial charge in [-0.2, -0.15) is 0 Å². The van der Waals surface area contributed by atoms with Crippen LogP contribution in [0.15, 0.2) is 50.5 Å². The second kappa shape index (κ2) is 3.96. The van der Waals surface area contributed by atoms with E-state index in [1.807, 2.05) is 36.4 Å². The highest BCUT2D eigenvalue weighted by Crippen LogP contribution is 2.39. The maximum atomic E-state index is 9.20. The van der Waals surface area contributed by atoms with Gasteiger partial charge in [0.15, 0.2) is 0 Å². The minimum Gasteiger partial charge on any atom is -0.410 e. The summed E-state index contributed by atoms with van der Waals surface area (Å²) in [7, 11) is 0. The Morgan fingerprint density at radius 3 is 1.65 bits per heavy atom. The van der Waals surface area contributed by atoms with Crippen LogP contribution in [0, 0.1) is 0 Å². The van der Waals surface area contributed by atoms with Crippen LogP contribution in [0.4, 0.5) is 0 Å². The molecule has 3 rings (SSSR count). The number of benzene rings is 2. The van der Waals surface area contributed by atoms with Crippen molar-refractivity contribution < 1.29 is 5.21 Å². The fraction of sp³-hybridized carbons (Fsp3) is 0. The summed E-state index contributed by atoms with van der Waals surface area (Å²) in [6.45, 7) is 0. The Morgan fingerprint density at radius 1 is 0.765 bits per heavy atom. The van der Waals surface area contributed by atoms with Crippen LogP contribution in [0.5, 0.6) is 0 Å². The fourth-order valence-corrected chi connectivity index (χ4v) is 2.87. The lowest BCUT2D eigenvalue weighted by Gasteiger charge is -1.99. The summed E-state index contributed by atoms with van der Waals surface area (Å²) in [5, 5.41) is 12.6. The molecule has 0 aliphatic heterocycles. The van der Waals surface area contributed by atoms with E-state index in [0.717, 1.165) is 31.2 Å². The SMILES string of the molecule is ON=C1c2cc(Br)ccc2-c2ccc(Br)cc21. The van der Waals surface area contributed by atoms with Crippen molar-refractivity contribution in [3.63, 3.8) is 0 Å². The van der Waals surface area contributed by atoms with Gasteiger partial charge < -0.3 is 5.21 Å². The second-order valence-electron chi connectivity index (χ2n) is 3.83. The number of hydrogen-bond donors (Lipinski definition) is 1. The molecule has 2 nitrogen and oxygen atoms in total. The molecule has 0 spiro atoms. The van der Waals surface area contributed by atoms with Crippen molar-refractivity contribution >= 4 is 37.6 Å². The van der Waals surface area contributed by atoms with Gasteiger partial charge in [-0.15, -0.1) is 0 Å². The summed E-state index contributed by atoms with van der Waals surface area (Å²) in [5.74, 6) is 0. The summed E-state index contributed by atoms with van der Waals surface area (Å²) < 4.78 is 1.95. The number of nitrogens with zero attached hydrogens (tertiary/aromatic N) is 1. The van der Waals surface area contributed by atoms with Gasteiger partial charge in [0.1, 0.15) is 5.71 Å².